The SMILES string of the molecule is O=C(O)c1ccc(NC2CC3CCC2O3)cc1[N+](=O)[O-]. The second-order valence-electron chi connectivity index (χ2n) is 5.15. The van der Waals surface area contributed by atoms with Crippen LogP contribution < -0.4 is 5.32 Å². The summed E-state index contributed by atoms with van der Waals surface area (Å²) in [4.78, 5) is 21.2. The van der Waals surface area contributed by atoms with Crippen molar-refractivity contribution in [1.29, 1.82) is 0 Å². The van der Waals surface area contributed by atoms with Gasteiger partial charge in [-0.25, -0.2) is 4.79 Å². The summed E-state index contributed by atoms with van der Waals surface area (Å²) in [5, 5.41) is 23.1. The Labute approximate surface area is 114 Å². The van der Waals surface area contributed by atoms with Gasteiger partial charge in [0.25, 0.3) is 5.69 Å². The number of hydrogen-bond donors (Lipinski definition) is 2. The van der Waals surface area contributed by atoms with Gasteiger partial charge in [0.1, 0.15) is 5.56 Å². The minimum Gasteiger partial charge on any atom is -0.477 e. The highest BCUT2D eigenvalue weighted by Crippen LogP contribution is 2.36. The van der Waals surface area contributed by atoms with Crippen LogP contribution in [0.15, 0.2) is 18.2 Å². The standard InChI is InChI=1S/C13H14N2O5/c16-13(17)9-3-1-7(5-11(9)15(18)19)14-10-6-8-2-4-12(10)20-8/h1,3,5,8,10,12,14H,2,4,6H2,(H,16,17). The van der Waals surface area contributed by atoms with Crippen LogP contribution in [0.1, 0.15) is 29.6 Å². The molecule has 0 saturated carbocycles. The molecule has 7 heteroatoms. The van der Waals surface area contributed by atoms with Gasteiger partial charge in [0.05, 0.1) is 23.2 Å². The van der Waals surface area contributed by atoms with E-state index in [2.05, 4.69) is 5.32 Å². The Morgan fingerprint density at radius 3 is 2.80 bits per heavy atom. The van der Waals surface area contributed by atoms with Crippen molar-refractivity contribution >= 4 is 17.3 Å². The Bertz CT molecular complexity index is 574. The highest BCUT2D eigenvalue weighted by atomic mass is 16.6. The first kappa shape index (κ1) is 12.9. The minimum absolute atomic E-state index is 0.143. The van der Waals surface area contributed by atoms with Crippen molar-refractivity contribution in [3.8, 4) is 0 Å². The summed E-state index contributed by atoms with van der Waals surface area (Å²) in [5.41, 5.74) is -0.140. The zero-order valence-corrected chi connectivity index (χ0v) is 10.6. The molecule has 2 N–H and O–H groups in total. The van der Waals surface area contributed by atoms with Gasteiger partial charge >= 0.3 is 5.97 Å². The first-order valence-electron chi connectivity index (χ1n) is 6.48. The van der Waals surface area contributed by atoms with Crippen LogP contribution in [0.2, 0.25) is 0 Å². The molecule has 2 bridgehead atoms. The predicted octanol–water partition coefficient (Wildman–Crippen LogP) is 2.02. The van der Waals surface area contributed by atoms with Crippen molar-refractivity contribution in [3.63, 3.8) is 0 Å². The summed E-state index contributed by atoms with van der Waals surface area (Å²) in [6.07, 6.45) is 3.39. The van der Waals surface area contributed by atoms with Gasteiger partial charge in [0.15, 0.2) is 0 Å². The minimum atomic E-state index is -1.30. The van der Waals surface area contributed by atoms with Gasteiger partial charge in [-0.3, -0.25) is 10.1 Å². The smallest absolute Gasteiger partial charge is 0.342 e. The Morgan fingerprint density at radius 2 is 2.25 bits per heavy atom. The molecule has 106 valence electrons. The van der Waals surface area contributed by atoms with Crippen LogP contribution in [0.25, 0.3) is 0 Å². The van der Waals surface area contributed by atoms with Crippen LogP contribution in [0, 0.1) is 10.1 Å². The van der Waals surface area contributed by atoms with Crippen molar-refractivity contribution in [2.75, 3.05) is 5.32 Å². The molecule has 2 aliphatic heterocycles. The summed E-state index contributed by atoms with van der Waals surface area (Å²) >= 11 is 0. The average Bonchev–Trinajstić information content (AvgIpc) is 3.00. The van der Waals surface area contributed by atoms with Crippen LogP contribution in [0.5, 0.6) is 0 Å². The number of aromatic carboxylic acids is 1. The molecule has 0 aromatic heterocycles. The highest BCUT2D eigenvalue weighted by molar-refractivity contribution is 5.93. The van der Waals surface area contributed by atoms with E-state index in [9.17, 15) is 14.9 Å². The summed E-state index contributed by atoms with van der Waals surface area (Å²) < 4.78 is 5.71. The van der Waals surface area contributed by atoms with Crippen LogP contribution in [-0.4, -0.2) is 34.2 Å². The number of nitrogens with zero attached hydrogens (tertiary/aromatic N) is 1. The monoisotopic (exact) mass is 278 g/mol. The maximum Gasteiger partial charge on any atom is 0.342 e. The van der Waals surface area contributed by atoms with Gasteiger partial charge in [-0.05, 0) is 31.4 Å². The molecule has 20 heavy (non-hydrogen) atoms. The lowest BCUT2D eigenvalue weighted by Gasteiger charge is -2.21. The summed E-state index contributed by atoms with van der Waals surface area (Å²) in [7, 11) is 0. The first-order valence-corrected chi connectivity index (χ1v) is 6.48. The largest absolute Gasteiger partial charge is 0.477 e. The van der Waals surface area contributed by atoms with Gasteiger partial charge in [0, 0.05) is 11.8 Å². The van der Waals surface area contributed by atoms with Crippen molar-refractivity contribution in [2.45, 2.75) is 37.5 Å². The second-order valence-corrected chi connectivity index (χ2v) is 5.15. The fraction of sp³-hybridized carbons (Fsp3) is 0.462. The van der Waals surface area contributed by atoms with Gasteiger partial charge in [-0.15, -0.1) is 0 Å². The molecule has 3 unspecified atom stereocenters. The quantitative estimate of drug-likeness (QED) is 0.645. The molecule has 2 aliphatic rings. The third kappa shape index (κ3) is 2.20. The molecule has 1 aromatic carbocycles. The number of hydrogen-bond acceptors (Lipinski definition) is 5. The zero-order chi connectivity index (χ0) is 14.3. The normalized spacial score (nSPS) is 27.5. The molecule has 0 radical (unpaired) electrons. The van der Waals surface area contributed by atoms with Crippen LogP contribution in [0.4, 0.5) is 11.4 Å². The lowest BCUT2D eigenvalue weighted by Crippen LogP contribution is -2.30. The van der Waals surface area contributed by atoms with Crippen molar-refractivity contribution < 1.29 is 19.6 Å². The number of nitro benzene ring substituents is 1. The fourth-order valence-corrected chi connectivity index (χ4v) is 2.96. The molecule has 2 fully saturated rings. The van der Waals surface area contributed by atoms with Gasteiger partial charge in [-0.2, -0.15) is 0 Å². The van der Waals surface area contributed by atoms with E-state index in [4.69, 9.17) is 9.84 Å². The lowest BCUT2D eigenvalue weighted by molar-refractivity contribution is -0.385. The maximum absolute atomic E-state index is 10.9. The fourth-order valence-electron chi connectivity index (χ4n) is 2.96. The van der Waals surface area contributed by atoms with Gasteiger partial charge in [0.2, 0.25) is 0 Å². The molecule has 2 saturated heterocycles. The van der Waals surface area contributed by atoms with E-state index in [0.29, 0.717) is 5.69 Å². The number of carboxylic acids is 1. The molecule has 7 nitrogen and oxygen atoms in total. The average molecular weight is 278 g/mol. The van der Waals surface area contributed by atoms with Crippen molar-refractivity contribution in [1.82, 2.24) is 0 Å². The summed E-state index contributed by atoms with van der Waals surface area (Å²) in [6, 6.07) is 4.23. The number of nitro groups is 1. The van der Waals surface area contributed by atoms with Gasteiger partial charge in [-0.1, -0.05) is 0 Å². The predicted molar refractivity (Wildman–Crippen MR) is 70.0 cm³/mol. The molecule has 1 aromatic rings. The number of anilines is 1. The van der Waals surface area contributed by atoms with E-state index >= 15 is 0 Å². The highest BCUT2D eigenvalue weighted by Gasteiger charge is 2.40. The van der Waals surface area contributed by atoms with E-state index < -0.39 is 16.6 Å². The summed E-state index contributed by atoms with van der Waals surface area (Å²) in [5.74, 6) is -1.30. The van der Waals surface area contributed by atoms with Crippen molar-refractivity contribution in [2.24, 2.45) is 0 Å². The van der Waals surface area contributed by atoms with Crippen LogP contribution in [-0.2, 0) is 4.74 Å². The number of carbonyl (C=O) groups is 1. The van der Waals surface area contributed by atoms with E-state index in [-0.39, 0.29) is 23.8 Å². The Morgan fingerprint density at radius 1 is 1.45 bits per heavy atom. The Balaban J connectivity index is 1.82. The van der Waals surface area contributed by atoms with Crippen molar-refractivity contribution in [3.05, 3.63) is 33.9 Å². The maximum atomic E-state index is 10.9. The van der Waals surface area contributed by atoms with E-state index in [1.165, 1.54) is 12.1 Å². The first-order chi connectivity index (χ1) is 9.54. The number of benzene rings is 1. The molecular weight excluding hydrogens is 264 g/mol. The number of nitrogens with one attached hydrogen (secondary N) is 1. The molecule has 0 spiro atoms. The van der Waals surface area contributed by atoms with E-state index in [1.54, 1.807) is 6.07 Å². The number of ether oxygens (including phenoxy) is 1. The number of carboxylic acid groups (broad SMARTS) is 1. The molecule has 3 atom stereocenters. The van der Waals surface area contributed by atoms with Gasteiger partial charge < -0.3 is 15.2 Å². The molecule has 3 rings (SSSR count). The van der Waals surface area contributed by atoms with E-state index in [1.807, 2.05) is 0 Å². The number of fused-ring (bicyclic) bond motifs is 2. The molecule has 0 aliphatic carbocycles. The second kappa shape index (κ2) is 4.75. The molecule has 2 heterocycles. The van der Waals surface area contributed by atoms with Crippen LogP contribution >= 0.6 is 0 Å². The Kier molecular flexibility index (Phi) is 3.06. The zero-order valence-electron chi connectivity index (χ0n) is 10.6. The molecule has 0 amide bonds. The van der Waals surface area contributed by atoms with E-state index in [0.717, 1.165) is 19.3 Å². The summed E-state index contributed by atoms with van der Waals surface area (Å²) in [6.45, 7) is 0. The molecular formula is C13H14N2O5. The van der Waals surface area contributed by atoms with Crippen LogP contribution in [0.3, 0.4) is 0 Å². The topological polar surface area (TPSA) is 102 Å². The number of rotatable bonds is 4. The Hall–Kier alpha value is -2.15. The third-order valence-electron chi connectivity index (χ3n) is 3.88. The lowest BCUT2D eigenvalue weighted by atomic mass is 9.95. The third-order valence-corrected chi connectivity index (χ3v) is 3.88.